The highest BCUT2D eigenvalue weighted by atomic mass is 79.9. The van der Waals surface area contributed by atoms with Gasteiger partial charge in [0, 0.05) is 20.9 Å². The number of fused-ring (bicyclic) bond motifs is 5. The largest absolute Gasteiger partial charge is 0.331 e. The molecule has 2 heterocycles. The first-order valence-corrected chi connectivity index (χ1v) is 7.20. The van der Waals surface area contributed by atoms with Crippen LogP contribution in [-0.2, 0) is 11.3 Å². The van der Waals surface area contributed by atoms with E-state index in [1.165, 1.54) is 0 Å². The molecule has 0 saturated heterocycles. The number of nitrogens with one attached hydrogen (secondary N) is 1. The van der Waals surface area contributed by atoms with Crippen LogP contribution >= 0.6 is 15.9 Å². The molecule has 0 saturated carbocycles. The van der Waals surface area contributed by atoms with Crippen molar-refractivity contribution in [3.05, 3.63) is 53.0 Å². The second kappa shape index (κ2) is 4.21. The fourth-order valence-electron chi connectivity index (χ4n) is 2.77. The maximum absolute atomic E-state index is 12.1. The number of carbonyl (C=O) groups excluding carboxylic acids is 1. The summed E-state index contributed by atoms with van der Waals surface area (Å²) in [7, 11) is 0. The summed E-state index contributed by atoms with van der Waals surface area (Å²) in [4.78, 5) is 12.1. The van der Waals surface area contributed by atoms with Gasteiger partial charge in [0.1, 0.15) is 6.54 Å². The predicted molar refractivity (Wildman–Crippen MR) is 83.7 cm³/mol. The lowest BCUT2D eigenvalue weighted by molar-refractivity contribution is -0.116. The quantitative estimate of drug-likeness (QED) is 0.665. The Morgan fingerprint density at radius 3 is 2.85 bits per heavy atom. The van der Waals surface area contributed by atoms with Crippen LogP contribution < -0.4 is 5.32 Å². The number of hydrogen-bond donors (Lipinski definition) is 1. The van der Waals surface area contributed by atoms with Gasteiger partial charge in [-0.25, -0.2) is 0 Å². The molecule has 20 heavy (non-hydrogen) atoms. The molecule has 98 valence electrons. The topological polar surface area (TPSA) is 34.0 Å². The number of hydrogen-bond acceptors (Lipinski definition) is 1. The maximum atomic E-state index is 12.1. The van der Waals surface area contributed by atoms with Crippen LogP contribution in [0.15, 0.2) is 53.0 Å². The van der Waals surface area contributed by atoms with E-state index >= 15 is 0 Å². The van der Waals surface area contributed by atoms with Gasteiger partial charge in [-0.15, -0.1) is 0 Å². The highest BCUT2D eigenvalue weighted by Gasteiger charge is 2.20. The van der Waals surface area contributed by atoms with Crippen LogP contribution in [0.25, 0.3) is 22.2 Å². The van der Waals surface area contributed by atoms with Crippen LogP contribution in [0.5, 0.6) is 0 Å². The summed E-state index contributed by atoms with van der Waals surface area (Å²) >= 11 is 3.50. The van der Waals surface area contributed by atoms with Gasteiger partial charge in [-0.1, -0.05) is 34.1 Å². The van der Waals surface area contributed by atoms with Gasteiger partial charge in [-0.05, 0) is 30.3 Å². The van der Waals surface area contributed by atoms with Crippen LogP contribution in [0.3, 0.4) is 0 Å². The lowest BCUT2D eigenvalue weighted by atomic mass is 10.1. The number of aromatic nitrogens is 1. The molecule has 0 spiro atoms. The number of carbonyl (C=O) groups is 1. The normalized spacial score (nSPS) is 13.6. The van der Waals surface area contributed by atoms with Crippen molar-refractivity contribution in [2.24, 2.45) is 0 Å². The first kappa shape index (κ1) is 11.7. The van der Waals surface area contributed by atoms with E-state index < -0.39 is 0 Å². The van der Waals surface area contributed by atoms with Crippen molar-refractivity contribution in [2.75, 3.05) is 5.32 Å². The molecular weight excluding hydrogens is 316 g/mol. The molecule has 3 nitrogen and oxygen atoms in total. The van der Waals surface area contributed by atoms with Gasteiger partial charge in [-0.3, -0.25) is 4.79 Å². The zero-order chi connectivity index (χ0) is 13.7. The Bertz CT molecular complexity index is 851. The Morgan fingerprint density at radius 1 is 1.10 bits per heavy atom. The summed E-state index contributed by atoms with van der Waals surface area (Å²) in [6.45, 7) is 0.342. The summed E-state index contributed by atoms with van der Waals surface area (Å²) in [5.74, 6) is 0.00803. The van der Waals surface area contributed by atoms with Gasteiger partial charge in [0.05, 0.1) is 11.4 Å². The summed E-state index contributed by atoms with van der Waals surface area (Å²) in [5, 5.41) is 4.12. The molecule has 1 aromatic heterocycles. The Kier molecular flexibility index (Phi) is 2.47. The molecule has 1 N–H and O–H groups in total. The number of anilines is 1. The molecule has 0 unspecified atom stereocenters. The Hall–Kier alpha value is -2.07. The van der Waals surface area contributed by atoms with Crippen LogP contribution in [-0.4, -0.2) is 10.5 Å². The Balaban J connectivity index is 2.11. The second-order valence-electron chi connectivity index (χ2n) is 4.91. The summed E-state index contributed by atoms with van der Waals surface area (Å²) in [5.41, 5.74) is 4.06. The fraction of sp³-hybridized carbons (Fsp3) is 0.0625. The van der Waals surface area contributed by atoms with Crippen molar-refractivity contribution in [3.8, 4) is 11.3 Å². The van der Waals surface area contributed by atoms with E-state index in [0.717, 1.165) is 32.3 Å². The molecule has 1 aliphatic rings. The van der Waals surface area contributed by atoms with E-state index in [0.29, 0.717) is 6.54 Å². The third-order valence-corrected chi connectivity index (χ3v) is 4.14. The molecule has 4 rings (SSSR count). The average Bonchev–Trinajstić information content (AvgIpc) is 2.73. The van der Waals surface area contributed by atoms with Crippen molar-refractivity contribution >= 4 is 38.4 Å². The second-order valence-corrected chi connectivity index (χ2v) is 5.83. The van der Waals surface area contributed by atoms with Gasteiger partial charge in [0.2, 0.25) is 5.91 Å². The third-order valence-electron chi connectivity index (χ3n) is 3.64. The molecule has 3 aromatic rings. The van der Waals surface area contributed by atoms with Crippen molar-refractivity contribution in [1.82, 2.24) is 4.57 Å². The van der Waals surface area contributed by atoms with E-state index in [2.05, 4.69) is 44.0 Å². The number of rotatable bonds is 0. The lowest BCUT2D eigenvalue weighted by Crippen LogP contribution is -2.16. The van der Waals surface area contributed by atoms with Crippen LogP contribution in [0.4, 0.5) is 5.69 Å². The van der Waals surface area contributed by atoms with Gasteiger partial charge in [0.25, 0.3) is 0 Å². The summed E-state index contributed by atoms with van der Waals surface area (Å²) in [6, 6.07) is 16.2. The average molecular weight is 327 g/mol. The van der Waals surface area contributed by atoms with Gasteiger partial charge in [-0.2, -0.15) is 0 Å². The van der Waals surface area contributed by atoms with Gasteiger partial charge in [0.15, 0.2) is 0 Å². The minimum absolute atomic E-state index is 0.00803. The number of nitrogens with zero attached hydrogens (tertiary/aromatic N) is 1. The van der Waals surface area contributed by atoms with Gasteiger partial charge >= 0.3 is 0 Å². The first-order chi connectivity index (χ1) is 9.72. The highest BCUT2D eigenvalue weighted by molar-refractivity contribution is 9.10. The smallest absolute Gasteiger partial charge is 0.244 e. The number of amides is 1. The third kappa shape index (κ3) is 1.68. The molecule has 0 atom stereocenters. The minimum Gasteiger partial charge on any atom is -0.331 e. The Morgan fingerprint density at radius 2 is 1.95 bits per heavy atom. The van der Waals surface area contributed by atoms with Crippen molar-refractivity contribution in [2.45, 2.75) is 6.54 Å². The molecule has 1 aliphatic heterocycles. The fourth-order valence-corrected chi connectivity index (χ4v) is 3.14. The first-order valence-electron chi connectivity index (χ1n) is 6.40. The molecular formula is C16H11BrN2O. The van der Waals surface area contributed by atoms with Crippen LogP contribution in [0, 0.1) is 0 Å². The van der Waals surface area contributed by atoms with E-state index in [1.807, 2.05) is 30.3 Å². The van der Waals surface area contributed by atoms with Crippen LogP contribution in [0.2, 0.25) is 0 Å². The maximum Gasteiger partial charge on any atom is 0.244 e. The highest BCUT2D eigenvalue weighted by Crippen LogP contribution is 2.36. The standard InChI is InChI=1S/C16H11BrN2O/c17-11-5-6-13-12(8-11)15-7-10-3-1-2-4-14(10)19(15)9-16(20)18-13/h1-8H,9H2,(H,18,20). The summed E-state index contributed by atoms with van der Waals surface area (Å²) in [6.07, 6.45) is 0. The molecule has 1 amide bonds. The molecule has 0 bridgehead atoms. The minimum atomic E-state index is 0.00803. The van der Waals surface area contributed by atoms with E-state index in [1.54, 1.807) is 0 Å². The SMILES string of the molecule is O=C1Cn2c(cc3ccccc32)-c2cc(Br)ccc2N1. The molecule has 4 heteroatoms. The predicted octanol–water partition coefficient (Wildman–Crippen LogP) is 4.02. The van der Waals surface area contributed by atoms with E-state index in [-0.39, 0.29) is 5.91 Å². The van der Waals surface area contributed by atoms with Gasteiger partial charge < -0.3 is 9.88 Å². The summed E-state index contributed by atoms with van der Waals surface area (Å²) < 4.78 is 3.08. The number of benzene rings is 2. The lowest BCUT2D eigenvalue weighted by Gasteiger charge is -2.07. The Labute approximate surface area is 124 Å². The molecule has 0 aliphatic carbocycles. The number of para-hydroxylation sites is 1. The van der Waals surface area contributed by atoms with Crippen LogP contribution in [0.1, 0.15) is 0 Å². The molecule has 0 fully saturated rings. The van der Waals surface area contributed by atoms with Crippen molar-refractivity contribution < 1.29 is 4.79 Å². The molecule has 2 aromatic carbocycles. The zero-order valence-electron chi connectivity index (χ0n) is 10.6. The van der Waals surface area contributed by atoms with Crippen molar-refractivity contribution in [3.63, 3.8) is 0 Å². The van der Waals surface area contributed by atoms with E-state index in [4.69, 9.17) is 0 Å². The zero-order valence-corrected chi connectivity index (χ0v) is 12.1. The van der Waals surface area contributed by atoms with Crippen molar-refractivity contribution in [1.29, 1.82) is 0 Å². The monoisotopic (exact) mass is 326 g/mol. The molecule has 0 radical (unpaired) electrons. The van der Waals surface area contributed by atoms with E-state index in [9.17, 15) is 4.79 Å². The number of halogens is 1.